The predicted molar refractivity (Wildman–Crippen MR) is 60.6 cm³/mol. The monoisotopic (exact) mass is 350 g/mol. The van der Waals surface area contributed by atoms with E-state index in [1.165, 1.54) is 0 Å². The Balaban J connectivity index is 5.94. The summed E-state index contributed by atoms with van der Waals surface area (Å²) < 4.78 is 56.2. The maximum absolute atomic E-state index is 10.5. The molecule has 0 aliphatic heterocycles. The van der Waals surface area contributed by atoms with Crippen LogP contribution in [0.25, 0.3) is 0 Å². The van der Waals surface area contributed by atoms with Crippen LogP contribution in [0, 0.1) is 0 Å². The molecule has 0 aromatic carbocycles. The number of allylic oxidation sites excluding steroid dienone is 2. The Kier molecular flexibility index (Phi) is 5.56. The summed E-state index contributed by atoms with van der Waals surface area (Å²) in [5.41, 5.74) is 0. The van der Waals surface area contributed by atoms with Gasteiger partial charge in [0.25, 0.3) is 0 Å². The molecule has 0 radical (unpaired) electrons. The number of rotatable bonds is 3. The first-order valence-electron chi connectivity index (χ1n) is 2.95. The molecule has 0 atom stereocenters. The van der Waals surface area contributed by atoms with E-state index in [-0.39, 0.29) is 0 Å². The molecule has 0 heterocycles. The molecule has 0 bridgehead atoms. The maximum Gasteiger partial charge on any atom is 0.307 e. The highest BCUT2D eigenvalue weighted by Gasteiger charge is 2.24. The molecule has 0 unspecified atom stereocenters. The van der Waals surface area contributed by atoms with Gasteiger partial charge in [0.2, 0.25) is 0 Å². The van der Waals surface area contributed by atoms with Crippen LogP contribution in [0.15, 0.2) is 18.8 Å². The number of hydrogen-bond donors (Lipinski definition) is 2. The Morgan fingerprint density at radius 3 is 1.00 bits per heavy atom. The summed E-state index contributed by atoms with van der Waals surface area (Å²) in [5, 5.41) is -2.10. The van der Waals surface area contributed by atoms with Crippen LogP contribution in [0.1, 0.15) is 0 Å². The van der Waals surface area contributed by atoms with Crippen molar-refractivity contribution in [3.63, 3.8) is 0 Å². The summed E-state index contributed by atoms with van der Waals surface area (Å²) in [6.45, 7) is 0. The molecular formula is C4H2Cl4O6S2. The Morgan fingerprint density at radius 1 is 0.688 bits per heavy atom. The third-order valence-electron chi connectivity index (χ3n) is 0.991. The lowest BCUT2D eigenvalue weighted by molar-refractivity contribution is 0.490. The van der Waals surface area contributed by atoms with Crippen molar-refractivity contribution >= 4 is 66.6 Å². The molecule has 94 valence electrons. The van der Waals surface area contributed by atoms with Gasteiger partial charge in [-0.3, -0.25) is 9.11 Å². The van der Waals surface area contributed by atoms with Gasteiger partial charge in [0.1, 0.15) is 0 Å². The zero-order valence-corrected chi connectivity index (χ0v) is 11.5. The Bertz CT molecular complexity index is 503. The van der Waals surface area contributed by atoms with E-state index >= 15 is 0 Å². The summed E-state index contributed by atoms with van der Waals surface area (Å²) >= 11 is 20.6. The average Bonchev–Trinajstić information content (AvgIpc) is 2.10. The van der Waals surface area contributed by atoms with Crippen molar-refractivity contribution in [2.75, 3.05) is 0 Å². The molecule has 0 aliphatic rings. The highest BCUT2D eigenvalue weighted by Crippen LogP contribution is 2.33. The van der Waals surface area contributed by atoms with Crippen molar-refractivity contribution in [2.24, 2.45) is 0 Å². The summed E-state index contributed by atoms with van der Waals surface area (Å²) in [6, 6.07) is 0. The first kappa shape index (κ1) is 16.5. The van der Waals surface area contributed by atoms with Gasteiger partial charge in [-0.15, -0.1) is 0 Å². The lowest BCUT2D eigenvalue weighted by atomic mass is 10.6. The Morgan fingerprint density at radius 2 is 0.875 bits per heavy atom. The van der Waals surface area contributed by atoms with Crippen molar-refractivity contribution in [1.29, 1.82) is 0 Å². The van der Waals surface area contributed by atoms with E-state index in [0.717, 1.165) is 0 Å². The van der Waals surface area contributed by atoms with Gasteiger partial charge in [-0.1, -0.05) is 46.4 Å². The molecule has 2 N–H and O–H groups in total. The third kappa shape index (κ3) is 4.38. The average molecular weight is 352 g/mol. The molecule has 6 nitrogen and oxygen atoms in total. The number of halogens is 4. The highest BCUT2D eigenvalue weighted by molar-refractivity contribution is 7.92. The summed E-state index contributed by atoms with van der Waals surface area (Å²) in [5.74, 6) is 0. The van der Waals surface area contributed by atoms with Gasteiger partial charge in [-0.05, 0) is 0 Å². The molecule has 0 aromatic heterocycles. The lowest BCUT2D eigenvalue weighted by Crippen LogP contribution is -2.02. The van der Waals surface area contributed by atoms with Crippen LogP contribution in [0.3, 0.4) is 0 Å². The van der Waals surface area contributed by atoms with E-state index in [9.17, 15) is 16.8 Å². The van der Waals surface area contributed by atoms with Gasteiger partial charge in [0.15, 0.2) is 8.73 Å². The molecule has 16 heavy (non-hydrogen) atoms. The fourth-order valence-corrected chi connectivity index (χ4v) is 2.23. The standard InChI is InChI=1S/C4H2Cl4O6S2/c5-1(3(7)15(9,10)11)2(6)4(8)16(12,13)14/h(H,9,10,11)(H,12,13,14). The van der Waals surface area contributed by atoms with Crippen LogP contribution >= 0.6 is 46.4 Å². The quantitative estimate of drug-likeness (QED) is 0.595. The van der Waals surface area contributed by atoms with Crippen molar-refractivity contribution in [2.45, 2.75) is 0 Å². The molecular weight excluding hydrogens is 350 g/mol. The van der Waals surface area contributed by atoms with Crippen molar-refractivity contribution < 1.29 is 25.9 Å². The Labute approximate surface area is 111 Å². The molecule has 0 rings (SSSR count). The minimum absolute atomic E-state index is 1.05. The van der Waals surface area contributed by atoms with Crippen LogP contribution in [0.2, 0.25) is 0 Å². The predicted octanol–water partition coefficient (Wildman–Crippen LogP) is 2.06. The van der Waals surface area contributed by atoms with Gasteiger partial charge in [-0.25, -0.2) is 0 Å². The first-order valence-corrected chi connectivity index (χ1v) is 7.34. The van der Waals surface area contributed by atoms with Crippen LogP contribution in [0.5, 0.6) is 0 Å². The van der Waals surface area contributed by atoms with Crippen molar-refractivity contribution in [3.05, 3.63) is 18.8 Å². The topological polar surface area (TPSA) is 109 Å². The Hall–Kier alpha value is 0.460. The summed E-state index contributed by atoms with van der Waals surface area (Å²) in [7, 11) is -9.73. The molecule has 0 saturated carbocycles. The minimum atomic E-state index is -4.87. The first-order chi connectivity index (χ1) is 6.89. The van der Waals surface area contributed by atoms with Crippen LogP contribution in [0.4, 0.5) is 0 Å². The zero-order valence-electron chi connectivity index (χ0n) is 6.86. The van der Waals surface area contributed by atoms with Gasteiger partial charge >= 0.3 is 20.2 Å². The molecule has 0 fully saturated rings. The van der Waals surface area contributed by atoms with E-state index in [1.807, 2.05) is 0 Å². The molecule has 0 aliphatic carbocycles. The van der Waals surface area contributed by atoms with Crippen LogP contribution < -0.4 is 0 Å². The molecule has 0 saturated heterocycles. The van der Waals surface area contributed by atoms with E-state index in [1.54, 1.807) is 0 Å². The largest absolute Gasteiger partial charge is 0.307 e. The van der Waals surface area contributed by atoms with Gasteiger partial charge in [0, 0.05) is 0 Å². The fraction of sp³-hybridized carbons (Fsp3) is 0. The molecule has 0 amide bonds. The van der Waals surface area contributed by atoms with E-state index in [0.29, 0.717) is 0 Å². The lowest BCUT2D eigenvalue weighted by Gasteiger charge is -2.01. The molecule has 12 heteroatoms. The van der Waals surface area contributed by atoms with E-state index < -0.39 is 39.0 Å². The summed E-state index contributed by atoms with van der Waals surface area (Å²) in [6.07, 6.45) is 0. The van der Waals surface area contributed by atoms with Crippen molar-refractivity contribution in [3.8, 4) is 0 Å². The maximum atomic E-state index is 10.5. The SMILES string of the molecule is O=S(=O)(O)C(Cl)=C(Cl)C(Cl)=C(Cl)S(=O)(=O)O. The number of hydrogen-bond acceptors (Lipinski definition) is 4. The minimum Gasteiger partial charge on any atom is -0.281 e. The van der Waals surface area contributed by atoms with Crippen LogP contribution in [-0.4, -0.2) is 25.9 Å². The van der Waals surface area contributed by atoms with E-state index in [2.05, 4.69) is 0 Å². The molecule has 0 spiro atoms. The fourth-order valence-electron chi connectivity index (χ4n) is 0.399. The second-order valence-electron chi connectivity index (χ2n) is 2.13. The third-order valence-corrected chi connectivity index (χ3v) is 5.12. The molecule has 0 aromatic rings. The van der Waals surface area contributed by atoms with Gasteiger partial charge in [-0.2, -0.15) is 16.8 Å². The van der Waals surface area contributed by atoms with Gasteiger partial charge < -0.3 is 0 Å². The zero-order chi connectivity index (χ0) is 13.3. The second kappa shape index (κ2) is 5.40. The smallest absolute Gasteiger partial charge is 0.281 e. The van der Waals surface area contributed by atoms with Crippen LogP contribution in [-0.2, 0) is 20.2 Å². The second-order valence-corrected chi connectivity index (χ2v) is 6.80. The summed E-state index contributed by atoms with van der Waals surface area (Å²) in [4.78, 5) is 0. The highest BCUT2D eigenvalue weighted by atomic mass is 35.5. The normalized spacial score (nSPS) is 16.6. The van der Waals surface area contributed by atoms with E-state index in [4.69, 9.17) is 55.5 Å². The van der Waals surface area contributed by atoms with Gasteiger partial charge in [0.05, 0.1) is 10.1 Å². The van der Waals surface area contributed by atoms with Crippen molar-refractivity contribution in [1.82, 2.24) is 0 Å².